The van der Waals surface area contributed by atoms with E-state index in [2.05, 4.69) is 25.3 Å². The summed E-state index contributed by atoms with van der Waals surface area (Å²) >= 11 is 1.44. The summed E-state index contributed by atoms with van der Waals surface area (Å²) in [6, 6.07) is 9.47. The van der Waals surface area contributed by atoms with Crippen molar-refractivity contribution < 1.29 is 4.74 Å². The zero-order valence-electron chi connectivity index (χ0n) is 13.0. The number of amidine groups is 1. The van der Waals surface area contributed by atoms with Crippen LogP contribution in [-0.4, -0.2) is 27.9 Å². The smallest absolute Gasteiger partial charge is 0.188 e. The van der Waals surface area contributed by atoms with Crippen LogP contribution in [0.4, 0.5) is 10.9 Å². The highest BCUT2D eigenvalue weighted by atomic mass is 32.1. The molecule has 0 saturated carbocycles. The molecule has 0 aliphatic heterocycles. The molecule has 0 spiro atoms. The Labute approximate surface area is 143 Å². The van der Waals surface area contributed by atoms with Gasteiger partial charge in [0.1, 0.15) is 29.4 Å². The summed E-state index contributed by atoms with van der Waals surface area (Å²) in [6.07, 6.45) is 3.13. The summed E-state index contributed by atoms with van der Waals surface area (Å²) in [6.45, 7) is 0.488. The van der Waals surface area contributed by atoms with Crippen LogP contribution < -0.4 is 15.8 Å². The first-order valence-corrected chi connectivity index (χ1v) is 8.04. The number of rotatable bonds is 6. The number of nitrogens with zero attached hydrogens (tertiary/aromatic N) is 4. The molecule has 2 heterocycles. The Hall–Kier alpha value is -3.00. The van der Waals surface area contributed by atoms with E-state index in [1.54, 1.807) is 19.4 Å². The number of hydrogen-bond donors (Lipinski definition) is 2. The van der Waals surface area contributed by atoms with E-state index in [1.807, 2.05) is 29.6 Å². The van der Waals surface area contributed by atoms with Crippen LogP contribution in [0.25, 0.3) is 0 Å². The molecule has 2 aromatic heterocycles. The van der Waals surface area contributed by atoms with E-state index in [4.69, 9.17) is 10.5 Å². The Morgan fingerprint density at radius 1 is 1.29 bits per heavy atom. The fourth-order valence-electron chi connectivity index (χ4n) is 1.91. The Kier molecular flexibility index (Phi) is 4.97. The first-order chi connectivity index (χ1) is 11.7. The van der Waals surface area contributed by atoms with Crippen molar-refractivity contribution in [3.8, 4) is 5.75 Å². The highest BCUT2D eigenvalue weighted by Gasteiger charge is 2.06. The molecule has 3 rings (SSSR count). The summed E-state index contributed by atoms with van der Waals surface area (Å²) in [4.78, 5) is 16.8. The van der Waals surface area contributed by atoms with Crippen LogP contribution >= 0.6 is 11.3 Å². The van der Waals surface area contributed by atoms with Crippen LogP contribution in [0.2, 0.25) is 0 Å². The largest absolute Gasteiger partial charge is 0.497 e. The standard InChI is InChI=1S/C16H16N6OS/c1-23-12-4-2-11(3-5-12)8-19-15(17)13-9-24-16(21-13)22-14-6-7-18-10-20-14/h2-7,9-10H,8H2,1H3,(H2,17,19)(H,18,20,21,22). The zero-order valence-corrected chi connectivity index (χ0v) is 13.8. The van der Waals surface area contributed by atoms with E-state index in [0.717, 1.165) is 11.3 Å². The van der Waals surface area contributed by atoms with Crippen LogP contribution in [0.1, 0.15) is 11.3 Å². The predicted octanol–water partition coefficient (Wildman–Crippen LogP) is 2.59. The van der Waals surface area contributed by atoms with Gasteiger partial charge in [-0.25, -0.2) is 15.0 Å². The van der Waals surface area contributed by atoms with Gasteiger partial charge in [-0.15, -0.1) is 11.3 Å². The molecule has 0 saturated heterocycles. The van der Waals surface area contributed by atoms with Crippen molar-refractivity contribution >= 4 is 28.1 Å². The fraction of sp³-hybridized carbons (Fsp3) is 0.125. The fourth-order valence-corrected chi connectivity index (χ4v) is 2.62. The molecule has 0 radical (unpaired) electrons. The maximum absolute atomic E-state index is 6.02. The van der Waals surface area contributed by atoms with E-state index < -0.39 is 0 Å². The summed E-state index contributed by atoms with van der Waals surface area (Å²) in [5.74, 6) is 1.90. The number of anilines is 2. The third kappa shape index (κ3) is 4.05. The number of nitrogens with two attached hydrogens (primary N) is 1. The molecule has 7 nitrogen and oxygen atoms in total. The monoisotopic (exact) mass is 340 g/mol. The first kappa shape index (κ1) is 15.9. The molecule has 1 aromatic carbocycles. The minimum absolute atomic E-state index is 0.401. The summed E-state index contributed by atoms with van der Waals surface area (Å²) in [5, 5.41) is 5.66. The molecule has 0 amide bonds. The van der Waals surface area contributed by atoms with Gasteiger partial charge < -0.3 is 15.8 Å². The molecule has 24 heavy (non-hydrogen) atoms. The molecule has 8 heteroatoms. The second-order valence-electron chi connectivity index (χ2n) is 4.81. The lowest BCUT2D eigenvalue weighted by Gasteiger charge is -2.02. The number of nitrogens with one attached hydrogen (secondary N) is 1. The van der Waals surface area contributed by atoms with Gasteiger partial charge in [-0.05, 0) is 23.8 Å². The van der Waals surface area contributed by atoms with E-state index in [9.17, 15) is 0 Å². The molecule has 3 aromatic rings. The van der Waals surface area contributed by atoms with Gasteiger partial charge in [-0.3, -0.25) is 4.99 Å². The third-order valence-corrected chi connectivity index (χ3v) is 3.93. The van der Waals surface area contributed by atoms with Crippen LogP contribution in [0.15, 0.2) is 53.2 Å². The molecule has 3 N–H and O–H groups in total. The maximum atomic E-state index is 6.02. The van der Waals surface area contributed by atoms with Gasteiger partial charge in [0, 0.05) is 11.6 Å². The highest BCUT2D eigenvalue weighted by Crippen LogP contribution is 2.19. The molecule has 0 fully saturated rings. The lowest BCUT2D eigenvalue weighted by molar-refractivity contribution is 0.414. The maximum Gasteiger partial charge on any atom is 0.188 e. The number of hydrogen-bond acceptors (Lipinski definition) is 7. The second-order valence-corrected chi connectivity index (χ2v) is 5.67. The molecule has 0 atom stereocenters. The van der Waals surface area contributed by atoms with E-state index in [0.29, 0.717) is 29.0 Å². The van der Waals surface area contributed by atoms with Crippen molar-refractivity contribution in [1.82, 2.24) is 15.0 Å². The molecule has 0 bridgehead atoms. The van der Waals surface area contributed by atoms with Crippen molar-refractivity contribution in [2.24, 2.45) is 10.7 Å². The number of ether oxygens (including phenoxy) is 1. The van der Waals surface area contributed by atoms with Crippen LogP contribution in [0.3, 0.4) is 0 Å². The SMILES string of the molecule is COc1ccc(CN=C(N)c2csc(Nc3ccncn3)n2)cc1. The average Bonchev–Trinajstić information content (AvgIpc) is 3.09. The van der Waals surface area contributed by atoms with Crippen molar-refractivity contribution in [2.45, 2.75) is 6.54 Å². The number of benzene rings is 1. The minimum atomic E-state index is 0.401. The van der Waals surface area contributed by atoms with E-state index in [-0.39, 0.29) is 0 Å². The Morgan fingerprint density at radius 3 is 2.83 bits per heavy atom. The predicted molar refractivity (Wildman–Crippen MR) is 94.9 cm³/mol. The minimum Gasteiger partial charge on any atom is -0.497 e. The average molecular weight is 340 g/mol. The second kappa shape index (κ2) is 7.51. The van der Waals surface area contributed by atoms with Gasteiger partial charge in [-0.1, -0.05) is 12.1 Å². The Bertz CT molecular complexity index is 816. The summed E-state index contributed by atoms with van der Waals surface area (Å²) < 4.78 is 5.13. The van der Waals surface area contributed by atoms with Gasteiger partial charge in [0.05, 0.1) is 13.7 Å². The quantitative estimate of drug-likeness (QED) is 0.529. The molecular weight excluding hydrogens is 324 g/mol. The number of thiazole rings is 1. The normalized spacial score (nSPS) is 11.3. The van der Waals surface area contributed by atoms with Crippen LogP contribution in [0.5, 0.6) is 5.75 Å². The molecule has 0 aliphatic carbocycles. The molecule has 122 valence electrons. The van der Waals surface area contributed by atoms with Gasteiger partial charge in [0.25, 0.3) is 0 Å². The Morgan fingerprint density at radius 2 is 2.12 bits per heavy atom. The van der Waals surface area contributed by atoms with E-state index >= 15 is 0 Å². The number of aromatic nitrogens is 3. The van der Waals surface area contributed by atoms with Gasteiger partial charge in [0.15, 0.2) is 5.13 Å². The van der Waals surface area contributed by atoms with Crippen LogP contribution in [0, 0.1) is 0 Å². The highest BCUT2D eigenvalue weighted by molar-refractivity contribution is 7.14. The van der Waals surface area contributed by atoms with Crippen molar-refractivity contribution in [3.63, 3.8) is 0 Å². The lowest BCUT2D eigenvalue weighted by Crippen LogP contribution is -2.14. The zero-order chi connectivity index (χ0) is 16.8. The van der Waals surface area contributed by atoms with Crippen molar-refractivity contribution in [3.05, 3.63) is 59.5 Å². The van der Waals surface area contributed by atoms with E-state index in [1.165, 1.54) is 17.7 Å². The summed E-state index contributed by atoms with van der Waals surface area (Å²) in [7, 11) is 1.64. The number of aliphatic imine (C=N–C) groups is 1. The molecule has 0 aliphatic rings. The number of methoxy groups -OCH3 is 1. The summed E-state index contributed by atoms with van der Waals surface area (Å²) in [5.41, 5.74) is 7.71. The van der Waals surface area contributed by atoms with Crippen molar-refractivity contribution in [2.75, 3.05) is 12.4 Å². The first-order valence-electron chi connectivity index (χ1n) is 7.16. The Balaban J connectivity index is 1.65. The lowest BCUT2D eigenvalue weighted by atomic mass is 10.2. The topological polar surface area (TPSA) is 98.3 Å². The molecular formula is C16H16N6OS. The third-order valence-electron chi connectivity index (χ3n) is 3.17. The van der Waals surface area contributed by atoms with Crippen molar-refractivity contribution in [1.29, 1.82) is 0 Å². The van der Waals surface area contributed by atoms with Gasteiger partial charge in [-0.2, -0.15) is 0 Å². The van der Waals surface area contributed by atoms with Gasteiger partial charge in [0.2, 0.25) is 0 Å². The van der Waals surface area contributed by atoms with Gasteiger partial charge >= 0.3 is 0 Å². The van der Waals surface area contributed by atoms with Crippen LogP contribution in [-0.2, 0) is 6.54 Å². The molecule has 0 unspecified atom stereocenters.